The molecule has 0 amide bonds. The highest BCUT2D eigenvalue weighted by Gasteiger charge is 2.11. The lowest BCUT2D eigenvalue weighted by atomic mass is 10.3. The Morgan fingerprint density at radius 2 is 1.85 bits per heavy atom. The summed E-state index contributed by atoms with van der Waals surface area (Å²) in [6, 6.07) is 1.28. The van der Waals surface area contributed by atoms with E-state index in [9.17, 15) is 17.6 Å². The molecular weight excluding hydrogens is 190 g/mol. The van der Waals surface area contributed by atoms with E-state index in [1.54, 1.807) is 0 Å². The Balaban J connectivity index is 2.99. The number of anilines is 1. The van der Waals surface area contributed by atoms with Gasteiger partial charge < -0.3 is 10.5 Å². The van der Waals surface area contributed by atoms with Gasteiger partial charge in [0, 0.05) is 12.1 Å². The molecule has 0 spiro atoms. The number of nitrogen functional groups attached to an aromatic ring is 1. The first-order chi connectivity index (χ1) is 6.00. The number of ether oxygens (including phenoxy) is 1. The zero-order chi connectivity index (χ0) is 10.0. The minimum atomic E-state index is -3.09. The molecule has 0 radical (unpaired) electrons. The maximum atomic E-state index is 12.5. The Hall–Kier alpha value is -1.46. The molecule has 0 aromatic heterocycles. The van der Waals surface area contributed by atoms with Gasteiger partial charge in [-0.15, -0.1) is 0 Å². The van der Waals surface area contributed by atoms with Crippen LogP contribution in [0.25, 0.3) is 0 Å². The van der Waals surface area contributed by atoms with Crippen LogP contribution in [0.15, 0.2) is 12.1 Å². The van der Waals surface area contributed by atoms with Gasteiger partial charge in [0.25, 0.3) is 0 Å². The van der Waals surface area contributed by atoms with Gasteiger partial charge in [-0.2, -0.15) is 8.78 Å². The van der Waals surface area contributed by atoms with Crippen LogP contribution < -0.4 is 10.5 Å². The summed E-state index contributed by atoms with van der Waals surface area (Å²) in [5.41, 5.74) is 4.38. The molecule has 0 unspecified atom stereocenters. The van der Waals surface area contributed by atoms with Crippen molar-refractivity contribution in [1.82, 2.24) is 0 Å². The lowest BCUT2D eigenvalue weighted by molar-refractivity contribution is -0.0500. The highest BCUT2D eigenvalue weighted by molar-refractivity contribution is 5.45. The van der Waals surface area contributed by atoms with Crippen molar-refractivity contribution >= 4 is 5.69 Å². The molecule has 0 saturated carbocycles. The second-order valence-corrected chi connectivity index (χ2v) is 2.19. The van der Waals surface area contributed by atoms with Gasteiger partial charge >= 0.3 is 6.61 Å². The highest BCUT2D eigenvalue weighted by Crippen LogP contribution is 2.23. The highest BCUT2D eigenvalue weighted by atomic mass is 19.3. The number of rotatable bonds is 2. The summed E-state index contributed by atoms with van der Waals surface area (Å²) in [7, 11) is 0. The van der Waals surface area contributed by atoms with Gasteiger partial charge in [0.1, 0.15) is 5.75 Å². The van der Waals surface area contributed by atoms with Crippen LogP contribution in [0.3, 0.4) is 0 Å². The topological polar surface area (TPSA) is 35.2 Å². The fraction of sp³-hybridized carbons (Fsp3) is 0.143. The zero-order valence-electron chi connectivity index (χ0n) is 6.23. The van der Waals surface area contributed by atoms with E-state index in [0.717, 1.165) is 6.07 Å². The molecule has 1 aromatic carbocycles. The smallest absolute Gasteiger partial charge is 0.387 e. The maximum Gasteiger partial charge on any atom is 0.387 e. The predicted molar refractivity (Wildman–Crippen MR) is 37.4 cm³/mol. The van der Waals surface area contributed by atoms with Crippen molar-refractivity contribution in [2.45, 2.75) is 6.61 Å². The number of hydrogen-bond donors (Lipinski definition) is 1. The van der Waals surface area contributed by atoms with E-state index in [0.29, 0.717) is 6.07 Å². The van der Waals surface area contributed by atoms with Crippen molar-refractivity contribution in [3.63, 3.8) is 0 Å². The standard InChI is InChI=1S/C7H5F4NO/c8-4-1-3(13-7(10)11)2-5(12)6(4)9/h1-2,7H,12H2. The predicted octanol–water partition coefficient (Wildman–Crippen LogP) is 2.15. The quantitative estimate of drug-likeness (QED) is 0.579. The van der Waals surface area contributed by atoms with E-state index in [2.05, 4.69) is 4.74 Å². The molecule has 0 atom stereocenters. The molecule has 2 nitrogen and oxygen atoms in total. The molecule has 0 aliphatic carbocycles. The minimum Gasteiger partial charge on any atom is -0.435 e. The summed E-state index contributed by atoms with van der Waals surface area (Å²) in [6.07, 6.45) is 0. The van der Waals surface area contributed by atoms with Crippen LogP contribution in [-0.4, -0.2) is 6.61 Å². The molecule has 0 heterocycles. The molecule has 0 aliphatic heterocycles. The number of hydrogen-bond acceptors (Lipinski definition) is 2. The second kappa shape index (κ2) is 3.51. The van der Waals surface area contributed by atoms with E-state index in [1.807, 2.05) is 0 Å². The van der Waals surface area contributed by atoms with Crippen LogP contribution >= 0.6 is 0 Å². The van der Waals surface area contributed by atoms with Crippen molar-refractivity contribution in [2.24, 2.45) is 0 Å². The van der Waals surface area contributed by atoms with Crippen molar-refractivity contribution in [2.75, 3.05) is 5.73 Å². The molecular formula is C7H5F4NO. The SMILES string of the molecule is Nc1cc(OC(F)F)cc(F)c1F. The Kier molecular flexibility index (Phi) is 2.60. The number of halogens is 4. The van der Waals surface area contributed by atoms with E-state index in [-0.39, 0.29) is 0 Å². The number of benzene rings is 1. The van der Waals surface area contributed by atoms with E-state index < -0.39 is 29.7 Å². The summed E-state index contributed by atoms with van der Waals surface area (Å²) in [6.45, 7) is -3.09. The molecule has 1 rings (SSSR count). The molecule has 0 saturated heterocycles. The zero-order valence-corrected chi connectivity index (χ0v) is 6.23. The van der Waals surface area contributed by atoms with Crippen LogP contribution in [0.2, 0.25) is 0 Å². The van der Waals surface area contributed by atoms with E-state index in [4.69, 9.17) is 5.73 Å². The Labute approximate surface area is 70.9 Å². The first-order valence-electron chi connectivity index (χ1n) is 3.20. The summed E-state index contributed by atoms with van der Waals surface area (Å²) in [5, 5.41) is 0. The van der Waals surface area contributed by atoms with Gasteiger partial charge in [0.05, 0.1) is 5.69 Å². The van der Waals surface area contributed by atoms with Gasteiger partial charge in [0.15, 0.2) is 11.6 Å². The number of nitrogens with two attached hydrogens (primary N) is 1. The molecule has 0 fully saturated rings. The Morgan fingerprint density at radius 1 is 1.23 bits per heavy atom. The average molecular weight is 195 g/mol. The third-order valence-corrected chi connectivity index (χ3v) is 1.26. The molecule has 0 bridgehead atoms. The molecule has 6 heteroatoms. The lowest BCUT2D eigenvalue weighted by Gasteiger charge is -2.05. The summed E-state index contributed by atoms with van der Waals surface area (Å²) in [4.78, 5) is 0. The summed E-state index contributed by atoms with van der Waals surface area (Å²) in [5.74, 6) is -3.11. The fourth-order valence-electron chi connectivity index (χ4n) is 0.755. The Morgan fingerprint density at radius 3 is 2.31 bits per heavy atom. The maximum absolute atomic E-state index is 12.5. The average Bonchev–Trinajstić information content (AvgIpc) is 1.98. The Bertz CT molecular complexity index is 292. The molecule has 13 heavy (non-hydrogen) atoms. The van der Waals surface area contributed by atoms with Crippen molar-refractivity contribution in [3.05, 3.63) is 23.8 Å². The first-order valence-corrected chi connectivity index (χ1v) is 3.20. The third-order valence-electron chi connectivity index (χ3n) is 1.26. The van der Waals surface area contributed by atoms with Crippen LogP contribution in [0.4, 0.5) is 23.2 Å². The van der Waals surface area contributed by atoms with Crippen LogP contribution in [0, 0.1) is 11.6 Å². The van der Waals surface area contributed by atoms with Crippen LogP contribution in [0.1, 0.15) is 0 Å². The van der Waals surface area contributed by atoms with Crippen LogP contribution in [-0.2, 0) is 0 Å². The van der Waals surface area contributed by atoms with Gasteiger partial charge in [-0.05, 0) is 0 Å². The molecule has 2 N–H and O–H groups in total. The molecule has 72 valence electrons. The van der Waals surface area contributed by atoms with Crippen molar-refractivity contribution < 1.29 is 22.3 Å². The fourth-order valence-corrected chi connectivity index (χ4v) is 0.755. The molecule has 0 aliphatic rings. The first kappa shape index (κ1) is 9.63. The van der Waals surface area contributed by atoms with Crippen LogP contribution in [0.5, 0.6) is 5.75 Å². The third kappa shape index (κ3) is 2.24. The summed E-state index contributed by atoms with van der Waals surface area (Å²) >= 11 is 0. The van der Waals surface area contributed by atoms with Crippen molar-refractivity contribution in [3.8, 4) is 5.75 Å². The van der Waals surface area contributed by atoms with Crippen molar-refractivity contribution in [1.29, 1.82) is 0 Å². The minimum absolute atomic E-state index is 0.498. The lowest BCUT2D eigenvalue weighted by Crippen LogP contribution is -2.04. The van der Waals surface area contributed by atoms with Gasteiger partial charge in [0.2, 0.25) is 0 Å². The van der Waals surface area contributed by atoms with E-state index in [1.165, 1.54) is 0 Å². The normalized spacial score (nSPS) is 10.5. The molecule has 1 aromatic rings. The number of alkyl halides is 2. The van der Waals surface area contributed by atoms with Gasteiger partial charge in [-0.1, -0.05) is 0 Å². The van der Waals surface area contributed by atoms with Gasteiger partial charge in [-0.3, -0.25) is 0 Å². The van der Waals surface area contributed by atoms with E-state index >= 15 is 0 Å². The summed E-state index contributed by atoms with van der Waals surface area (Å²) < 4.78 is 52.0. The monoisotopic (exact) mass is 195 g/mol. The second-order valence-electron chi connectivity index (χ2n) is 2.19. The largest absolute Gasteiger partial charge is 0.435 e. The van der Waals surface area contributed by atoms with Gasteiger partial charge in [-0.25, -0.2) is 8.78 Å².